The molecular formula is C9H18N4. The molecule has 1 heterocycles. The highest BCUT2D eigenvalue weighted by Gasteiger charge is 1.99. The van der Waals surface area contributed by atoms with Crippen molar-refractivity contribution in [2.75, 3.05) is 13.1 Å². The largest absolute Gasteiger partial charge is 0.321 e. The number of nitrogens with one attached hydrogen (secondary N) is 1. The lowest BCUT2D eigenvalue weighted by atomic mass is 10.2. The summed E-state index contributed by atoms with van der Waals surface area (Å²) in [4.78, 5) is 0. The Morgan fingerprint density at radius 1 is 1.54 bits per heavy atom. The first kappa shape index (κ1) is 10.2. The van der Waals surface area contributed by atoms with Gasteiger partial charge in [0.2, 0.25) is 0 Å². The molecule has 0 aliphatic carbocycles. The fraction of sp³-hybridized carbons (Fsp3) is 0.778. The molecule has 0 radical (unpaired) electrons. The Hall–Kier alpha value is -0.900. The van der Waals surface area contributed by atoms with Gasteiger partial charge < -0.3 is 9.88 Å². The number of rotatable bonds is 5. The summed E-state index contributed by atoms with van der Waals surface area (Å²) in [6.45, 7) is 6.45. The van der Waals surface area contributed by atoms with Gasteiger partial charge in [-0.15, -0.1) is 10.2 Å². The average molecular weight is 182 g/mol. The van der Waals surface area contributed by atoms with E-state index in [1.807, 2.05) is 11.6 Å². The minimum absolute atomic E-state index is 0.708. The third kappa shape index (κ3) is 3.55. The minimum Gasteiger partial charge on any atom is -0.321 e. The molecule has 0 aliphatic heterocycles. The lowest BCUT2D eigenvalue weighted by molar-refractivity contribution is 0.547. The molecule has 0 amide bonds. The third-order valence-electron chi connectivity index (χ3n) is 1.88. The van der Waals surface area contributed by atoms with E-state index in [1.54, 1.807) is 6.33 Å². The quantitative estimate of drug-likeness (QED) is 0.678. The summed E-state index contributed by atoms with van der Waals surface area (Å²) in [5, 5.41) is 11.2. The Morgan fingerprint density at radius 3 is 2.85 bits per heavy atom. The number of hydrogen-bond donors (Lipinski definition) is 1. The van der Waals surface area contributed by atoms with Crippen molar-refractivity contribution in [3.8, 4) is 0 Å². The molecule has 0 bridgehead atoms. The van der Waals surface area contributed by atoms with Crippen molar-refractivity contribution in [3.63, 3.8) is 0 Å². The highest BCUT2D eigenvalue weighted by molar-refractivity contribution is 4.84. The van der Waals surface area contributed by atoms with Crippen molar-refractivity contribution in [1.82, 2.24) is 20.1 Å². The van der Waals surface area contributed by atoms with Gasteiger partial charge >= 0.3 is 0 Å². The molecule has 0 aromatic carbocycles. The van der Waals surface area contributed by atoms with Crippen LogP contribution < -0.4 is 5.32 Å². The standard InChI is InChI=1S/C9H18N4/c1-8(2)6-10-5-4-9-12-11-7-13(9)3/h7-8,10H,4-6H2,1-3H3. The van der Waals surface area contributed by atoms with Crippen molar-refractivity contribution in [3.05, 3.63) is 12.2 Å². The lowest BCUT2D eigenvalue weighted by Crippen LogP contribution is -2.23. The second-order valence-corrected chi connectivity index (χ2v) is 3.71. The van der Waals surface area contributed by atoms with Crippen LogP contribution in [0, 0.1) is 5.92 Å². The van der Waals surface area contributed by atoms with Gasteiger partial charge in [0.15, 0.2) is 0 Å². The molecule has 0 atom stereocenters. The predicted octanol–water partition coefficient (Wildman–Crippen LogP) is 0.603. The SMILES string of the molecule is CC(C)CNCCc1nncn1C. The van der Waals surface area contributed by atoms with Crippen LogP contribution in [0.2, 0.25) is 0 Å². The van der Waals surface area contributed by atoms with Gasteiger partial charge in [-0.1, -0.05) is 13.8 Å². The number of aromatic nitrogens is 3. The summed E-state index contributed by atoms with van der Waals surface area (Å²) in [5.74, 6) is 1.75. The first-order valence-electron chi connectivity index (χ1n) is 4.73. The van der Waals surface area contributed by atoms with Crippen LogP contribution in [-0.2, 0) is 13.5 Å². The van der Waals surface area contributed by atoms with E-state index in [1.165, 1.54) is 0 Å². The predicted molar refractivity (Wildman–Crippen MR) is 52.4 cm³/mol. The molecule has 0 saturated heterocycles. The Kier molecular flexibility index (Phi) is 3.89. The monoisotopic (exact) mass is 182 g/mol. The van der Waals surface area contributed by atoms with Crippen molar-refractivity contribution in [1.29, 1.82) is 0 Å². The summed E-state index contributed by atoms with van der Waals surface area (Å²) < 4.78 is 1.96. The molecule has 13 heavy (non-hydrogen) atoms. The van der Waals surface area contributed by atoms with Gasteiger partial charge in [-0.3, -0.25) is 0 Å². The summed E-state index contributed by atoms with van der Waals surface area (Å²) in [6.07, 6.45) is 2.68. The number of hydrogen-bond acceptors (Lipinski definition) is 3. The average Bonchev–Trinajstić information content (AvgIpc) is 2.45. The maximum absolute atomic E-state index is 4.01. The fourth-order valence-corrected chi connectivity index (χ4v) is 1.12. The maximum atomic E-state index is 4.01. The van der Waals surface area contributed by atoms with Crippen LogP contribution in [0.3, 0.4) is 0 Å². The molecule has 0 fully saturated rings. The van der Waals surface area contributed by atoms with Crippen LogP contribution in [0.5, 0.6) is 0 Å². The van der Waals surface area contributed by atoms with Crippen molar-refractivity contribution >= 4 is 0 Å². The molecule has 1 rings (SSSR count). The van der Waals surface area contributed by atoms with E-state index in [-0.39, 0.29) is 0 Å². The summed E-state index contributed by atoms with van der Waals surface area (Å²) in [5.41, 5.74) is 0. The second kappa shape index (κ2) is 4.97. The first-order chi connectivity index (χ1) is 6.20. The highest BCUT2D eigenvalue weighted by atomic mass is 15.2. The van der Waals surface area contributed by atoms with Crippen LogP contribution >= 0.6 is 0 Å². The first-order valence-corrected chi connectivity index (χ1v) is 4.73. The van der Waals surface area contributed by atoms with Gasteiger partial charge in [-0.25, -0.2) is 0 Å². The van der Waals surface area contributed by atoms with Crippen LogP contribution in [0.25, 0.3) is 0 Å². The molecule has 4 heteroatoms. The minimum atomic E-state index is 0.708. The Balaban J connectivity index is 2.17. The zero-order chi connectivity index (χ0) is 9.68. The maximum Gasteiger partial charge on any atom is 0.133 e. The summed E-state index contributed by atoms with van der Waals surface area (Å²) in [7, 11) is 1.97. The third-order valence-corrected chi connectivity index (χ3v) is 1.88. The summed E-state index contributed by atoms with van der Waals surface area (Å²) in [6, 6.07) is 0. The smallest absolute Gasteiger partial charge is 0.133 e. The van der Waals surface area contributed by atoms with Crippen molar-refractivity contribution in [2.24, 2.45) is 13.0 Å². The van der Waals surface area contributed by atoms with E-state index in [4.69, 9.17) is 0 Å². The molecule has 1 N–H and O–H groups in total. The van der Waals surface area contributed by atoms with Gasteiger partial charge in [0.1, 0.15) is 12.2 Å². The summed E-state index contributed by atoms with van der Waals surface area (Å²) >= 11 is 0. The van der Waals surface area contributed by atoms with Crippen molar-refractivity contribution in [2.45, 2.75) is 20.3 Å². The molecule has 1 aromatic heterocycles. The lowest BCUT2D eigenvalue weighted by Gasteiger charge is -2.06. The van der Waals surface area contributed by atoms with Gasteiger partial charge in [0.25, 0.3) is 0 Å². The molecule has 0 spiro atoms. The number of aryl methyl sites for hydroxylation is 1. The van der Waals surface area contributed by atoms with Crippen LogP contribution in [0.15, 0.2) is 6.33 Å². The van der Waals surface area contributed by atoms with Gasteiger partial charge in [-0.2, -0.15) is 0 Å². The second-order valence-electron chi connectivity index (χ2n) is 3.71. The van der Waals surface area contributed by atoms with Gasteiger partial charge in [0.05, 0.1) is 0 Å². The number of nitrogens with zero attached hydrogens (tertiary/aromatic N) is 3. The van der Waals surface area contributed by atoms with E-state index in [9.17, 15) is 0 Å². The van der Waals surface area contributed by atoms with E-state index >= 15 is 0 Å². The van der Waals surface area contributed by atoms with Gasteiger partial charge in [0, 0.05) is 20.0 Å². The van der Waals surface area contributed by atoms with Crippen LogP contribution in [0.1, 0.15) is 19.7 Å². The Morgan fingerprint density at radius 2 is 2.31 bits per heavy atom. The van der Waals surface area contributed by atoms with E-state index in [0.29, 0.717) is 5.92 Å². The molecule has 0 unspecified atom stereocenters. The van der Waals surface area contributed by atoms with E-state index < -0.39 is 0 Å². The van der Waals surface area contributed by atoms with E-state index in [0.717, 1.165) is 25.3 Å². The normalized spacial score (nSPS) is 11.1. The fourth-order valence-electron chi connectivity index (χ4n) is 1.12. The molecule has 1 aromatic rings. The molecule has 74 valence electrons. The molecular weight excluding hydrogens is 164 g/mol. The Labute approximate surface area is 79.4 Å². The molecule has 0 aliphatic rings. The van der Waals surface area contributed by atoms with Crippen LogP contribution in [-0.4, -0.2) is 27.9 Å². The van der Waals surface area contributed by atoms with E-state index in [2.05, 4.69) is 29.4 Å². The molecule has 4 nitrogen and oxygen atoms in total. The van der Waals surface area contributed by atoms with Crippen molar-refractivity contribution < 1.29 is 0 Å². The Bertz CT molecular complexity index is 242. The zero-order valence-electron chi connectivity index (χ0n) is 8.62. The van der Waals surface area contributed by atoms with Gasteiger partial charge in [-0.05, 0) is 12.5 Å². The zero-order valence-corrected chi connectivity index (χ0v) is 8.62. The molecule has 0 saturated carbocycles. The van der Waals surface area contributed by atoms with Crippen LogP contribution in [0.4, 0.5) is 0 Å². The topological polar surface area (TPSA) is 42.7 Å². The highest BCUT2D eigenvalue weighted by Crippen LogP contribution is 1.92.